The number of aryl methyl sites for hydroxylation is 2. The summed E-state index contributed by atoms with van der Waals surface area (Å²) >= 11 is 0. The van der Waals surface area contributed by atoms with Crippen LogP contribution in [0.3, 0.4) is 0 Å². The van der Waals surface area contributed by atoms with E-state index >= 15 is 0 Å². The van der Waals surface area contributed by atoms with Gasteiger partial charge < -0.3 is 20.1 Å². The van der Waals surface area contributed by atoms with Gasteiger partial charge in [-0.2, -0.15) is 5.10 Å². The Balaban J connectivity index is 1.74. The van der Waals surface area contributed by atoms with E-state index in [2.05, 4.69) is 15.7 Å². The van der Waals surface area contributed by atoms with E-state index in [9.17, 15) is 14.0 Å². The molecule has 2 atom stereocenters. The maximum Gasteiger partial charge on any atom is 0.252 e. The normalized spacial score (nSPS) is 17.3. The Bertz CT molecular complexity index is 1190. The summed E-state index contributed by atoms with van der Waals surface area (Å²) in [4.78, 5) is 26.2. The molecule has 4 rings (SSSR count). The van der Waals surface area contributed by atoms with E-state index in [1.165, 1.54) is 26.4 Å². The number of ether oxygens (including phenoxy) is 2. The fourth-order valence-electron chi connectivity index (χ4n) is 4.09. The van der Waals surface area contributed by atoms with E-state index in [4.69, 9.17) is 9.47 Å². The van der Waals surface area contributed by atoms with Crippen LogP contribution in [0.2, 0.25) is 0 Å². The molecule has 0 radical (unpaired) electrons. The summed E-state index contributed by atoms with van der Waals surface area (Å²) in [5.74, 6) is -0.335. The number of rotatable bonds is 5. The van der Waals surface area contributed by atoms with Gasteiger partial charge in [-0.05, 0) is 42.8 Å². The van der Waals surface area contributed by atoms with Crippen LogP contribution in [0.25, 0.3) is 0 Å². The number of halogens is 1. The van der Waals surface area contributed by atoms with Gasteiger partial charge in [0.2, 0.25) is 5.91 Å². The Morgan fingerprint density at radius 1 is 1.12 bits per heavy atom. The third-order valence-corrected chi connectivity index (χ3v) is 5.60. The number of carbonyl (C=O) groups is 2. The molecule has 3 aromatic rings. The first-order valence-electron chi connectivity index (χ1n) is 9.96. The second kappa shape index (κ2) is 8.33. The highest BCUT2D eigenvalue weighted by Gasteiger charge is 2.41. The number of hydrogen-bond donors (Lipinski definition) is 2. The number of carbonyl (C=O) groups excluding carboxylic acids is 2. The Hall–Kier alpha value is -3.88. The Morgan fingerprint density at radius 3 is 2.47 bits per heavy atom. The molecule has 1 aliphatic rings. The molecule has 9 heteroatoms. The smallest absolute Gasteiger partial charge is 0.252 e. The Kier molecular flexibility index (Phi) is 5.56. The lowest BCUT2D eigenvalue weighted by molar-refractivity contribution is -0.118. The van der Waals surface area contributed by atoms with Crippen molar-refractivity contribution in [3.05, 3.63) is 70.7 Å². The molecule has 8 nitrogen and oxygen atoms in total. The summed E-state index contributed by atoms with van der Waals surface area (Å²) in [5, 5.41) is 10.1. The molecule has 0 bridgehead atoms. The van der Waals surface area contributed by atoms with Crippen LogP contribution in [-0.4, -0.2) is 41.9 Å². The van der Waals surface area contributed by atoms with Crippen molar-refractivity contribution in [1.29, 1.82) is 0 Å². The third kappa shape index (κ3) is 3.66. The van der Waals surface area contributed by atoms with E-state index in [1.54, 1.807) is 42.1 Å². The number of methoxy groups -OCH3 is 2. The number of hydrogen-bond acceptors (Lipinski definition) is 5. The highest BCUT2D eigenvalue weighted by atomic mass is 19.1. The minimum absolute atomic E-state index is 0.307. The van der Waals surface area contributed by atoms with Gasteiger partial charge in [0.25, 0.3) is 5.91 Å². The van der Waals surface area contributed by atoms with E-state index in [1.807, 2.05) is 6.92 Å². The molecule has 0 saturated heterocycles. The van der Waals surface area contributed by atoms with Gasteiger partial charge in [0.05, 0.1) is 19.9 Å². The predicted molar refractivity (Wildman–Crippen MR) is 116 cm³/mol. The molecule has 2 amide bonds. The number of fused-ring (bicyclic) bond motifs is 1. The van der Waals surface area contributed by atoms with Crippen LogP contribution < -0.4 is 20.1 Å². The number of nitrogens with one attached hydrogen (secondary N) is 2. The number of anilines is 1. The molecule has 1 aromatic heterocycles. The quantitative estimate of drug-likeness (QED) is 0.639. The van der Waals surface area contributed by atoms with Gasteiger partial charge in [-0.15, -0.1) is 0 Å². The molecular formula is C23H23FN4O4. The van der Waals surface area contributed by atoms with Crippen molar-refractivity contribution in [2.45, 2.75) is 18.9 Å². The Labute approximate surface area is 184 Å². The zero-order chi connectivity index (χ0) is 23.0. The molecule has 0 spiro atoms. The van der Waals surface area contributed by atoms with Crippen LogP contribution >= 0.6 is 0 Å². The summed E-state index contributed by atoms with van der Waals surface area (Å²) in [6.45, 7) is 1.83. The second-order valence-corrected chi connectivity index (χ2v) is 7.51. The molecule has 2 heterocycles. The monoisotopic (exact) mass is 438 g/mol. The standard InChI is InChI=1S/C23H23FN4O4/c1-12-18-19(13-5-8-15(24)9-6-13)20(23(30)26-21(18)28(2)27-12)25-22(29)14-7-10-16(31-3)17(11-14)32-4/h5-11,19-20H,1-4H3,(H,25,29)(H,26,30)/t19-,20+/m1/s1. The van der Waals surface area contributed by atoms with Crippen LogP contribution in [0.15, 0.2) is 42.5 Å². The van der Waals surface area contributed by atoms with E-state index < -0.39 is 17.9 Å². The molecule has 0 unspecified atom stereocenters. The van der Waals surface area contributed by atoms with E-state index in [-0.39, 0.29) is 11.7 Å². The van der Waals surface area contributed by atoms with Crippen LogP contribution in [0.4, 0.5) is 10.2 Å². The third-order valence-electron chi connectivity index (χ3n) is 5.60. The van der Waals surface area contributed by atoms with Crippen molar-refractivity contribution in [3.63, 3.8) is 0 Å². The van der Waals surface area contributed by atoms with Gasteiger partial charge in [0, 0.05) is 24.1 Å². The fourth-order valence-corrected chi connectivity index (χ4v) is 4.09. The van der Waals surface area contributed by atoms with Crippen molar-refractivity contribution >= 4 is 17.6 Å². The van der Waals surface area contributed by atoms with Gasteiger partial charge >= 0.3 is 0 Å². The van der Waals surface area contributed by atoms with E-state index in [0.717, 1.165) is 5.56 Å². The number of nitrogens with zero attached hydrogens (tertiary/aromatic N) is 2. The maximum absolute atomic E-state index is 13.6. The minimum Gasteiger partial charge on any atom is -0.493 e. The lowest BCUT2D eigenvalue weighted by atomic mass is 9.82. The van der Waals surface area contributed by atoms with Gasteiger partial charge in [-0.3, -0.25) is 14.3 Å². The largest absolute Gasteiger partial charge is 0.493 e. The fraction of sp³-hybridized carbons (Fsp3) is 0.261. The molecule has 0 saturated carbocycles. The van der Waals surface area contributed by atoms with Crippen molar-refractivity contribution in [3.8, 4) is 11.5 Å². The lowest BCUT2D eigenvalue weighted by Gasteiger charge is -2.32. The van der Waals surface area contributed by atoms with Crippen molar-refractivity contribution in [1.82, 2.24) is 15.1 Å². The van der Waals surface area contributed by atoms with Gasteiger partial charge in [-0.1, -0.05) is 12.1 Å². The molecule has 1 aliphatic heterocycles. The first-order valence-corrected chi connectivity index (χ1v) is 9.96. The van der Waals surface area contributed by atoms with Crippen LogP contribution in [0.5, 0.6) is 11.5 Å². The van der Waals surface area contributed by atoms with Gasteiger partial charge in [0.15, 0.2) is 11.5 Å². The zero-order valence-corrected chi connectivity index (χ0v) is 18.1. The number of benzene rings is 2. The second-order valence-electron chi connectivity index (χ2n) is 7.51. The zero-order valence-electron chi connectivity index (χ0n) is 18.1. The molecule has 0 fully saturated rings. The first-order chi connectivity index (χ1) is 15.3. The summed E-state index contributed by atoms with van der Waals surface area (Å²) < 4.78 is 25.7. The maximum atomic E-state index is 13.6. The molecule has 2 aromatic carbocycles. The summed E-state index contributed by atoms with van der Waals surface area (Å²) in [7, 11) is 4.72. The topological polar surface area (TPSA) is 94.5 Å². The molecular weight excluding hydrogens is 415 g/mol. The summed E-state index contributed by atoms with van der Waals surface area (Å²) in [5.41, 5.74) is 2.48. The average Bonchev–Trinajstić information content (AvgIpc) is 3.07. The highest BCUT2D eigenvalue weighted by Crippen LogP contribution is 2.39. The van der Waals surface area contributed by atoms with Gasteiger partial charge in [0.1, 0.15) is 17.7 Å². The molecule has 32 heavy (non-hydrogen) atoms. The van der Waals surface area contributed by atoms with Crippen LogP contribution in [-0.2, 0) is 11.8 Å². The highest BCUT2D eigenvalue weighted by molar-refractivity contribution is 6.04. The van der Waals surface area contributed by atoms with E-state index in [0.29, 0.717) is 34.1 Å². The van der Waals surface area contributed by atoms with Crippen molar-refractivity contribution < 1.29 is 23.5 Å². The minimum atomic E-state index is -0.934. The van der Waals surface area contributed by atoms with Crippen molar-refractivity contribution in [2.24, 2.45) is 7.05 Å². The number of amides is 2. The summed E-state index contributed by atoms with van der Waals surface area (Å²) in [6, 6.07) is 9.72. The average molecular weight is 438 g/mol. The predicted octanol–water partition coefficient (Wildman–Crippen LogP) is 2.77. The molecule has 2 N–H and O–H groups in total. The number of aromatic nitrogens is 2. The summed E-state index contributed by atoms with van der Waals surface area (Å²) in [6.07, 6.45) is 0. The molecule has 0 aliphatic carbocycles. The molecule has 166 valence electrons. The first kappa shape index (κ1) is 21.4. The van der Waals surface area contributed by atoms with Crippen molar-refractivity contribution in [2.75, 3.05) is 19.5 Å². The van der Waals surface area contributed by atoms with Gasteiger partial charge in [-0.25, -0.2) is 4.39 Å². The van der Waals surface area contributed by atoms with Crippen LogP contribution in [0.1, 0.15) is 33.1 Å². The Morgan fingerprint density at radius 2 is 1.81 bits per heavy atom. The SMILES string of the molecule is COc1ccc(C(=O)N[C@@H]2C(=O)Nc3c(c(C)nn3C)[C@H]2c2ccc(F)cc2)cc1OC. The van der Waals surface area contributed by atoms with Crippen LogP contribution in [0, 0.1) is 12.7 Å². The lowest BCUT2D eigenvalue weighted by Crippen LogP contribution is -2.50.